The molecular formula is C16H23N3O2. The fourth-order valence-corrected chi connectivity index (χ4v) is 2.40. The van der Waals surface area contributed by atoms with E-state index in [0.717, 1.165) is 43.4 Å². The van der Waals surface area contributed by atoms with Crippen molar-refractivity contribution in [1.29, 1.82) is 0 Å². The van der Waals surface area contributed by atoms with E-state index in [0.29, 0.717) is 12.2 Å². The monoisotopic (exact) mass is 289 g/mol. The molecule has 0 atom stereocenters. The van der Waals surface area contributed by atoms with Crippen LogP contribution in [0.4, 0.5) is 0 Å². The summed E-state index contributed by atoms with van der Waals surface area (Å²) >= 11 is 0. The molecule has 0 bridgehead atoms. The molecule has 0 aromatic carbocycles. The number of hydrogen-bond donors (Lipinski definition) is 2. The van der Waals surface area contributed by atoms with Crippen LogP contribution in [0.2, 0.25) is 0 Å². The lowest BCUT2D eigenvalue weighted by molar-refractivity contribution is 0.0946. The summed E-state index contributed by atoms with van der Waals surface area (Å²) < 4.78 is 1.86. The Morgan fingerprint density at radius 1 is 1.33 bits per heavy atom. The molecule has 5 nitrogen and oxygen atoms in total. The third-order valence-electron chi connectivity index (χ3n) is 3.42. The van der Waals surface area contributed by atoms with E-state index in [-0.39, 0.29) is 12.5 Å². The van der Waals surface area contributed by atoms with Gasteiger partial charge in [0.1, 0.15) is 11.3 Å². The van der Waals surface area contributed by atoms with E-state index in [1.165, 1.54) is 0 Å². The Hall–Kier alpha value is -1.88. The molecule has 114 valence electrons. The van der Waals surface area contributed by atoms with Crippen molar-refractivity contribution in [3.63, 3.8) is 0 Å². The second kappa shape index (κ2) is 7.78. The van der Waals surface area contributed by atoms with Crippen LogP contribution in [0.15, 0.2) is 24.4 Å². The van der Waals surface area contributed by atoms with Crippen molar-refractivity contribution in [2.24, 2.45) is 0 Å². The number of aryl methyl sites for hydroxylation is 1. The van der Waals surface area contributed by atoms with Crippen LogP contribution >= 0.6 is 0 Å². The summed E-state index contributed by atoms with van der Waals surface area (Å²) in [4.78, 5) is 17.0. The summed E-state index contributed by atoms with van der Waals surface area (Å²) in [5.41, 5.74) is 2.32. The smallest absolute Gasteiger partial charge is 0.270 e. The second-order valence-corrected chi connectivity index (χ2v) is 5.13. The van der Waals surface area contributed by atoms with Crippen molar-refractivity contribution in [2.45, 2.75) is 39.0 Å². The first-order valence-corrected chi connectivity index (χ1v) is 7.63. The number of nitrogens with one attached hydrogen (secondary N) is 1. The van der Waals surface area contributed by atoms with Gasteiger partial charge in [0.15, 0.2) is 0 Å². The predicted molar refractivity (Wildman–Crippen MR) is 82.5 cm³/mol. The van der Waals surface area contributed by atoms with Gasteiger partial charge in [0.05, 0.1) is 5.69 Å². The number of aliphatic hydroxyl groups is 1. The summed E-state index contributed by atoms with van der Waals surface area (Å²) in [5, 5.41) is 11.7. The number of pyridine rings is 1. The van der Waals surface area contributed by atoms with Gasteiger partial charge >= 0.3 is 0 Å². The highest BCUT2D eigenvalue weighted by Gasteiger charge is 2.17. The number of imidazole rings is 1. The molecule has 1 amide bonds. The summed E-state index contributed by atoms with van der Waals surface area (Å²) in [5.74, 6) is -0.0684. The van der Waals surface area contributed by atoms with Gasteiger partial charge < -0.3 is 10.4 Å². The normalized spacial score (nSPS) is 11.0. The first-order valence-electron chi connectivity index (χ1n) is 7.63. The van der Waals surface area contributed by atoms with Crippen LogP contribution in [0.3, 0.4) is 0 Å². The van der Waals surface area contributed by atoms with E-state index in [9.17, 15) is 4.79 Å². The van der Waals surface area contributed by atoms with Crippen molar-refractivity contribution >= 4 is 11.6 Å². The Morgan fingerprint density at radius 3 is 2.95 bits per heavy atom. The van der Waals surface area contributed by atoms with Gasteiger partial charge in [-0.3, -0.25) is 9.20 Å². The number of aliphatic hydroxyl groups excluding tert-OH is 1. The van der Waals surface area contributed by atoms with Crippen LogP contribution in [-0.4, -0.2) is 33.6 Å². The molecule has 0 saturated heterocycles. The molecule has 5 heteroatoms. The number of carbonyl (C=O) groups is 1. The summed E-state index contributed by atoms with van der Waals surface area (Å²) in [6.45, 7) is 2.92. The molecule has 2 heterocycles. The molecular weight excluding hydrogens is 266 g/mol. The van der Waals surface area contributed by atoms with Gasteiger partial charge in [0.2, 0.25) is 0 Å². The van der Waals surface area contributed by atoms with Crippen LogP contribution in [0.5, 0.6) is 0 Å². The van der Waals surface area contributed by atoms with Gasteiger partial charge in [-0.05, 0) is 37.8 Å². The van der Waals surface area contributed by atoms with Gasteiger partial charge in [0.25, 0.3) is 5.91 Å². The van der Waals surface area contributed by atoms with Gasteiger partial charge in [-0.25, -0.2) is 4.98 Å². The number of aromatic nitrogens is 2. The van der Waals surface area contributed by atoms with Gasteiger partial charge in [-0.15, -0.1) is 0 Å². The molecule has 2 aromatic rings. The Bertz CT molecular complexity index is 592. The molecule has 2 aromatic heterocycles. The first kappa shape index (κ1) is 15.5. The Morgan fingerprint density at radius 2 is 2.19 bits per heavy atom. The molecule has 21 heavy (non-hydrogen) atoms. The maximum absolute atomic E-state index is 12.4. The lowest BCUT2D eigenvalue weighted by atomic mass is 10.2. The zero-order valence-electron chi connectivity index (χ0n) is 12.5. The Labute approximate surface area is 125 Å². The van der Waals surface area contributed by atoms with E-state index in [1.54, 1.807) is 0 Å². The fraction of sp³-hybridized carbons (Fsp3) is 0.500. The molecule has 0 spiro atoms. The summed E-state index contributed by atoms with van der Waals surface area (Å²) in [7, 11) is 0. The number of nitrogens with zero attached hydrogens (tertiary/aromatic N) is 2. The quantitative estimate of drug-likeness (QED) is 0.732. The van der Waals surface area contributed by atoms with Crippen LogP contribution in [0, 0.1) is 0 Å². The van der Waals surface area contributed by atoms with E-state index < -0.39 is 0 Å². The SMILES string of the molecule is CCCc1nc2ccccn2c1C(=O)NCCCCCO. The number of carbonyl (C=O) groups excluding carboxylic acids is 1. The molecule has 2 N–H and O–H groups in total. The fourth-order valence-electron chi connectivity index (χ4n) is 2.40. The topological polar surface area (TPSA) is 66.6 Å². The molecule has 0 aliphatic heterocycles. The zero-order chi connectivity index (χ0) is 15.1. The maximum atomic E-state index is 12.4. The molecule has 0 radical (unpaired) electrons. The van der Waals surface area contributed by atoms with Crippen molar-refractivity contribution < 1.29 is 9.90 Å². The number of hydrogen-bond acceptors (Lipinski definition) is 3. The number of rotatable bonds is 8. The average molecular weight is 289 g/mol. The number of amides is 1. The summed E-state index contributed by atoms with van der Waals surface area (Å²) in [6.07, 6.45) is 6.22. The minimum atomic E-state index is -0.0684. The number of unbranched alkanes of at least 4 members (excludes halogenated alkanes) is 2. The van der Waals surface area contributed by atoms with Crippen molar-refractivity contribution in [3.05, 3.63) is 35.8 Å². The lowest BCUT2D eigenvalue weighted by Crippen LogP contribution is -2.26. The van der Waals surface area contributed by atoms with Gasteiger partial charge in [-0.1, -0.05) is 19.4 Å². The Kier molecular flexibility index (Phi) is 5.75. The molecule has 2 rings (SSSR count). The van der Waals surface area contributed by atoms with Crippen molar-refractivity contribution in [3.8, 4) is 0 Å². The van der Waals surface area contributed by atoms with E-state index in [4.69, 9.17) is 5.11 Å². The molecule has 0 aliphatic carbocycles. The highest BCUT2D eigenvalue weighted by molar-refractivity contribution is 5.94. The third-order valence-corrected chi connectivity index (χ3v) is 3.42. The molecule has 0 saturated carbocycles. The average Bonchev–Trinajstić information content (AvgIpc) is 2.85. The number of fused-ring (bicyclic) bond motifs is 1. The Balaban J connectivity index is 2.11. The van der Waals surface area contributed by atoms with Gasteiger partial charge in [-0.2, -0.15) is 0 Å². The van der Waals surface area contributed by atoms with E-state index >= 15 is 0 Å². The minimum absolute atomic E-state index is 0.0684. The van der Waals surface area contributed by atoms with E-state index in [2.05, 4.69) is 17.2 Å². The highest BCUT2D eigenvalue weighted by Crippen LogP contribution is 2.14. The van der Waals surface area contributed by atoms with Crippen LogP contribution in [-0.2, 0) is 6.42 Å². The highest BCUT2D eigenvalue weighted by atomic mass is 16.2. The largest absolute Gasteiger partial charge is 0.396 e. The molecule has 0 unspecified atom stereocenters. The zero-order valence-corrected chi connectivity index (χ0v) is 12.5. The van der Waals surface area contributed by atoms with Crippen LogP contribution < -0.4 is 5.32 Å². The van der Waals surface area contributed by atoms with Gasteiger partial charge in [0, 0.05) is 19.3 Å². The minimum Gasteiger partial charge on any atom is -0.396 e. The van der Waals surface area contributed by atoms with Crippen molar-refractivity contribution in [2.75, 3.05) is 13.2 Å². The third kappa shape index (κ3) is 3.82. The molecule has 0 aliphatic rings. The van der Waals surface area contributed by atoms with Crippen molar-refractivity contribution in [1.82, 2.24) is 14.7 Å². The van der Waals surface area contributed by atoms with Crippen LogP contribution in [0.1, 0.15) is 48.8 Å². The molecule has 0 fully saturated rings. The maximum Gasteiger partial charge on any atom is 0.270 e. The van der Waals surface area contributed by atoms with Crippen LogP contribution in [0.25, 0.3) is 5.65 Å². The lowest BCUT2D eigenvalue weighted by Gasteiger charge is -2.06. The first-order chi connectivity index (χ1) is 10.3. The second-order valence-electron chi connectivity index (χ2n) is 5.13. The van der Waals surface area contributed by atoms with E-state index in [1.807, 2.05) is 28.8 Å². The standard InChI is InChI=1S/C16H23N3O2/c1-2-8-13-15(16(21)17-10-5-3-7-12-20)19-11-6-4-9-14(19)18-13/h4,6,9,11,20H,2-3,5,7-8,10,12H2,1H3,(H,17,21). The summed E-state index contributed by atoms with van der Waals surface area (Å²) in [6, 6.07) is 5.74. The predicted octanol–water partition coefficient (Wildman–Crippen LogP) is 2.18.